The maximum Gasteiger partial charge on any atom is 0.352 e. The molecule has 6 N–H and O–H groups in total. The van der Waals surface area contributed by atoms with Crippen LogP contribution >= 0.6 is 46.8 Å². The van der Waals surface area contributed by atoms with Gasteiger partial charge in [-0.1, -0.05) is 5.16 Å². The summed E-state index contributed by atoms with van der Waals surface area (Å²) in [6.07, 6.45) is 3.50. The molecule has 1 fully saturated rings. The van der Waals surface area contributed by atoms with Crippen molar-refractivity contribution in [2.24, 2.45) is 10.1 Å². The number of rotatable bonds is 11. The Kier molecular flexibility index (Phi) is 9.06. The topological polar surface area (TPSA) is 230 Å². The average molecular weight is 653 g/mol. The molecule has 0 aromatic carbocycles. The van der Waals surface area contributed by atoms with Crippen LogP contribution in [-0.2, 0) is 25.8 Å². The van der Waals surface area contributed by atoms with E-state index >= 15 is 0 Å². The first kappa shape index (κ1) is 29.9. The van der Waals surface area contributed by atoms with Crippen LogP contribution in [0.1, 0.15) is 5.82 Å². The van der Waals surface area contributed by atoms with Crippen LogP contribution in [0.2, 0.25) is 0 Å². The predicted molar refractivity (Wildman–Crippen MR) is 158 cm³/mol. The van der Waals surface area contributed by atoms with E-state index in [2.05, 4.69) is 24.8 Å². The summed E-state index contributed by atoms with van der Waals surface area (Å²) in [5.41, 5.74) is 11.6. The molecule has 2 unspecified atom stereocenters. The number of aliphatic hydroxyl groups excluding tert-OH is 1. The Hall–Kier alpha value is -3.59. The molecule has 0 aliphatic carbocycles. The van der Waals surface area contributed by atoms with Gasteiger partial charge in [-0.25, -0.2) is 0 Å². The van der Waals surface area contributed by atoms with Gasteiger partial charge in [-0.3, -0.25) is 14.5 Å². The number of hydrogen-bond acceptors (Lipinski definition) is 16. The van der Waals surface area contributed by atoms with Crippen LogP contribution in [0.3, 0.4) is 0 Å². The highest BCUT2D eigenvalue weighted by molar-refractivity contribution is 8.19. The maximum absolute atomic E-state index is 13.0. The average Bonchev–Trinajstić information content (AvgIpc) is 3.58. The van der Waals surface area contributed by atoms with E-state index in [1.165, 1.54) is 42.4 Å². The molecule has 5 heterocycles. The van der Waals surface area contributed by atoms with Gasteiger partial charge >= 0.3 is 5.82 Å². The fourth-order valence-corrected chi connectivity index (χ4v) is 8.18. The van der Waals surface area contributed by atoms with Crippen LogP contribution in [0.15, 0.2) is 39.1 Å². The van der Waals surface area contributed by atoms with Gasteiger partial charge in [-0.15, -0.1) is 40.0 Å². The number of anilines is 2. The van der Waals surface area contributed by atoms with E-state index in [4.69, 9.17) is 16.3 Å². The molecule has 0 saturated carbocycles. The Balaban J connectivity index is 1.23. The second-order valence-corrected chi connectivity index (χ2v) is 13.0. The molecule has 16 nitrogen and oxygen atoms in total. The number of carboxylic acid groups (broad SMARTS) is 1. The van der Waals surface area contributed by atoms with E-state index in [-0.39, 0.29) is 33.6 Å². The van der Waals surface area contributed by atoms with Gasteiger partial charge in [0.1, 0.15) is 41.3 Å². The van der Waals surface area contributed by atoms with Crippen molar-refractivity contribution in [3.63, 3.8) is 0 Å². The first-order valence-electron chi connectivity index (χ1n) is 12.1. The largest absolute Gasteiger partial charge is 0.543 e. The molecule has 3 aliphatic rings. The zero-order valence-electron chi connectivity index (χ0n) is 21.8. The number of amides is 2. The number of nitrogens with one attached hydrogen (secondary N) is 1. The lowest BCUT2D eigenvalue weighted by molar-refractivity contribution is -0.672. The third-order valence-electron chi connectivity index (χ3n) is 6.13. The number of carbonyl (C=O) groups is 3. The summed E-state index contributed by atoms with van der Waals surface area (Å²) in [7, 11) is 1.24. The van der Waals surface area contributed by atoms with Gasteiger partial charge in [-0.2, -0.15) is 14.0 Å². The molecule has 2 aromatic heterocycles. The van der Waals surface area contributed by atoms with E-state index in [0.717, 1.165) is 16.4 Å². The molecule has 3 atom stereocenters. The van der Waals surface area contributed by atoms with Crippen LogP contribution in [0.5, 0.6) is 0 Å². The van der Waals surface area contributed by atoms with Crippen molar-refractivity contribution in [2.45, 2.75) is 22.5 Å². The molecule has 20 heteroatoms. The number of thioether (sulfide) groups is 3. The summed E-state index contributed by atoms with van der Waals surface area (Å²) < 4.78 is 7.27. The number of carboxylic acids is 1. The van der Waals surface area contributed by atoms with Gasteiger partial charge < -0.3 is 36.6 Å². The number of aliphatic hydroxyl groups is 1. The standard InChI is InChI=1S/C22H24N10O6S4/c1-38-28-14(17-27-22(24)42-29-17)18(34)26-15-19(35)32-16(21(36)37)10(8-41-20(15)32)7-39-13-6-25-12(9-40-13)31-3-2-11(23)30(31)4-5-33/h2-3,6,9,13,15,20,23,33H,4-5,7-8H2,1H3,(H4,24,26,27,29,34,36,37)/b28-14-/t13?,15-,20?/m1/s1. The highest BCUT2D eigenvalue weighted by Crippen LogP contribution is 2.42. The molecule has 3 aliphatic heterocycles. The number of aromatic nitrogens is 4. The number of nitrogens with zero attached hydrogens (tertiary/aromatic N) is 7. The normalized spacial score (nSPS) is 22.0. The number of oxime groups is 1. The molecule has 222 valence electrons. The summed E-state index contributed by atoms with van der Waals surface area (Å²) in [6.45, 7) is 0.235. The predicted octanol–water partition coefficient (Wildman–Crippen LogP) is -2.13. The van der Waals surface area contributed by atoms with Crippen LogP contribution in [0, 0.1) is 0 Å². The van der Waals surface area contributed by atoms with Crippen molar-refractivity contribution in [2.75, 3.05) is 36.7 Å². The summed E-state index contributed by atoms with van der Waals surface area (Å²) in [4.78, 5) is 52.4. The zero-order chi connectivity index (χ0) is 30.0. The van der Waals surface area contributed by atoms with E-state index in [1.54, 1.807) is 27.8 Å². The van der Waals surface area contributed by atoms with Gasteiger partial charge in [-0.05, 0) is 10.6 Å². The number of fused-ring (bicyclic) bond motifs is 1. The molecule has 5 rings (SSSR count). The molecule has 0 spiro atoms. The summed E-state index contributed by atoms with van der Waals surface area (Å²) in [5, 5.41) is 29.0. The minimum absolute atomic E-state index is 0.0562. The molecule has 42 heavy (non-hydrogen) atoms. The van der Waals surface area contributed by atoms with Gasteiger partial charge in [0.15, 0.2) is 5.13 Å². The van der Waals surface area contributed by atoms with Gasteiger partial charge in [0.2, 0.25) is 11.5 Å². The van der Waals surface area contributed by atoms with Crippen LogP contribution in [0.4, 0.5) is 10.9 Å². The number of carbonyl (C=O) groups excluding carboxylic acids is 3. The molecule has 1 saturated heterocycles. The lowest BCUT2D eigenvalue weighted by Crippen LogP contribution is -2.71. The fraction of sp³-hybridized carbons (Fsp3) is 0.364. The van der Waals surface area contributed by atoms with Crippen molar-refractivity contribution in [1.82, 2.24) is 24.3 Å². The number of aliphatic imine (C=N–C) groups is 1. The van der Waals surface area contributed by atoms with Gasteiger partial charge in [0.05, 0.1) is 30.2 Å². The molecular weight excluding hydrogens is 629 g/mol. The van der Waals surface area contributed by atoms with Crippen LogP contribution in [0.25, 0.3) is 5.82 Å². The first-order chi connectivity index (χ1) is 20.2. The zero-order valence-corrected chi connectivity index (χ0v) is 25.0. The lowest BCUT2D eigenvalue weighted by Gasteiger charge is -2.50. The Morgan fingerprint density at radius 2 is 2.21 bits per heavy atom. The molecule has 2 aromatic rings. The molecule has 0 radical (unpaired) electrons. The number of aliphatic carboxylic acids is 1. The highest BCUT2D eigenvalue weighted by atomic mass is 32.2. The smallest absolute Gasteiger partial charge is 0.352 e. The third-order valence-corrected chi connectivity index (χ3v) is 10.5. The van der Waals surface area contributed by atoms with E-state index in [0.29, 0.717) is 35.3 Å². The van der Waals surface area contributed by atoms with Crippen LogP contribution < -0.4 is 26.6 Å². The Bertz CT molecular complexity index is 1530. The molecule has 2 amide bonds. The van der Waals surface area contributed by atoms with Crippen molar-refractivity contribution in [1.29, 1.82) is 0 Å². The van der Waals surface area contributed by atoms with Gasteiger partial charge in [0, 0.05) is 29.1 Å². The molecule has 0 bridgehead atoms. The fourth-order valence-electron chi connectivity index (χ4n) is 4.28. The van der Waals surface area contributed by atoms with E-state index < -0.39 is 29.2 Å². The first-order valence-corrected chi connectivity index (χ1v) is 15.9. The van der Waals surface area contributed by atoms with Gasteiger partial charge in [0.25, 0.3) is 11.8 Å². The Morgan fingerprint density at radius 3 is 2.86 bits per heavy atom. The quantitative estimate of drug-likeness (QED) is 0.0881. The van der Waals surface area contributed by atoms with Crippen molar-refractivity contribution in [3.05, 3.63) is 34.8 Å². The van der Waals surface area contributed by atoms with Crippen molar-refractivity contribution >= 4 is 93.3 Å². The summed E-state index contributed by atoms with van der Waals surface area (Å²) >= 11 is 5.14. The minimum Gasteiger partial charge on any atom is -0.543 e. The number of nitrogen functional groups attached to an aromatic ring is 2. The Morgan fingerprint density at radius 1 is 1.40 bits per heavy atom. The monoisotopic (exact) mass is 652 g/mol. The molecular formula is C22H24N10O6S4. The minimum atomic E-state index is -1.47. The maximum atomic E-state index is 13.0. The SMILES string of the molecule is CO/N=C(\C(=O)N[C@@H]1C(=O)N2C(C(=O)[O-])=C(CSC3C=NC([n+]4ccc(N)n4CCO)=CS3)CSC12)c1nsc(N)n1. The summed E-state index contributed by atoms with van der Waals surface area (Å²) in [6, 6.07) is 0.720. The van der Waals surface area contributed by atoms with E-state index in [1.807, 2.05) is 5.41 Å². The third kappa shape index (κ3) is 5.84. The number of nitrogens with two attached hydrogens (primary N) is 2. The lowest BCUT2D eigenvalue weighted by atomic mass is 10.0. The number of hydrogen-bond donors (Lipinski definition) is 4. The Labute approximate surface area is 255 Å². The second kappa shape index (κ2) is 12.7. The number of β-lactam (4-membered cyclic amide) rings is 1. The highest BCUT2D eigenvalue weighted by Gasteiger charge is 2.53. The van der Waals surface area contributed by atoms with E-state index in [9.17, 15) is 24.6 Å². The van der Waals surface area contributed by atoms with Crippen molar-refractivity contribution < 1.29 is 34.1 Å². The van der Waals surface area contributed by atoms with Crippen LogP contribution in [-0.4, -0.2) is 95.0 Å². The second-order valence-electron chi connectivity index (χ2n) is 8.68. The van der Waals surface area contributed by atoms with Crippen molar-refractivity contribution in [3.8, 4) is 0 Å². The summed E-state index contributed by atoms with van der Waals surface area (Å²) in [5.74, 6) is -1.13.